The standard InChI is InChI=1S/C13H25NO/c1-14(12-7-8-13(15)9-12)10-11-5-3-2-4-6-11/h11-13,15H,2-10H2,1H3. The van der Waals surface area contributed by atoms with Crippen LogP contribution in [0.5, 0.6) is 0 Å². The van der Waals surface area contributed by atoms with Crippen LogP contribution < -0.4 is 0 Å². The topological polar surface area (TPSA) is 23.5 Å². The number of rotatable bonds is 3. The molecule has 2 nitrogen and oxygen atoms in total. The Labute approximate surface area is 93.7 Å². The molecule has 0 aliphatic heterocycles. The molecule has 2 fully saturated rings. The van der Waals surface area contributed by atoms with E-state index in [-0.39, 0.29) is 6.10 Å². The molecule has 0 aromatic heterocycles. The van der Waals surface area contributed by atoms with Crippen molar-refractivity contribution in [1.82, 2.24) is 4.90 Å². The van der Waals surface area contributed by atoms with Crippen molar-refractivity contribution in [2.45, 2.75) is 63.5 Å². The minimum atomic E-state index is -0.0243. The zero-order chi connectivity index (χ0) is 10.7. The third-order valence-electron chi connectivity index (χ3n) is 4.27. The molecular weight excluding hydrogens is 186 g/mol. The van der Waals surface area contributed by atoms with Crippen molar-refractivity contribution in [2.75, 3.05) is 13.6 Å². The summed E-state index contributed by atoms with van der Waals surface area (Å²) in [5.74, 6) is 0.932. The molecule has 2 aliphatic rings. The molecule has 2 saturated carbocycles. The van der Waals surface area contributed by atoms with Crippen LogP contribution >= 0.6 is 0 Å². The Balaban J connectivity index is 1.73. The van der Waals surface area contributed by atoms with Gasteiger partial charge >= 0.3 is 0 Å². The maximum Gasteiger partial charge on any atom is 0.0555 e. The first kappa shape index (κ1) is 11.4. The number of nitrogens with zero attached hydrogens (tertiary/aromatic N) is 1. The van der Waals surface area contributed by atoms with Crippen LogP contribution in [0.2, 0.25) is 0 Å². The SMILES string of the molecule is CN(CC1CCCCC1)C1CCC(O)C1. The van der Waals surface area contributed by atoms with E-state index in [4.69, 9.17) is 0 Å². The molecule has 2 heteroatoms. The van der Waals surface area contributed by atoms with Crippen molar-refractivity contribution >= 4 is 0 Å². The molecule has 88 valence electrons. The number of aliphatic hydroxyl groups is 1. The molecule has 15 heavy (non-hydrogen) atoms. The van der Waals surface area contributed by atoms with Gasteiger partial charge in [0.15, 0.2) is 0 Å². The molecule has 0 radical (unpaired) electrons. The molecule has 0 bridgehead atoms. The van der Waals surface area contributed by atoms with Crippen molar-refractivity contribution in [3.8, 4) is 0 Å². The molecular formula is C13H25NO. The first-order valence-corrected chi connectivity index (χ1v) is 6.64. The van der Waals surface area contributed by atoms with Gasteiger partial charge in [0.2, 0.25) is 0 Å². The number of hydrogen-bond donors (Lipinski definition) is 1. The van der Waals surface area contributed by atoms with E-state index in [2.05, 4.69) is 11.9 Å². The van der Waals surface area contributed by atoms with Gasteiger partial charge in [-0.05, 0) is 45.1 Å². The smallest absolute Gasteiger partial charge is 0.0555 e. The van der Waals surface area contributed by atoms with Crippen molar-refractivity contribution in [1.29, 1.82) is 0 Å². The van der Waals surface area contributed by atoms with Crippen LogP contribution in [0.25, 0.3) is 0 Å². The second-order valence-electron chi connectivity index (χ2n) is 5.56. The van der Waals surface area contributed by atoms with E-state index in [0.29, 0.717) is 6.04 Å². The van der Waals surface area contributed by atoms with E-state index in [1.807, 2.05) is 0 Å². The van der Waals surface area contributed by atoms with Crippen LogP contribution in [0.3, 0.4) is 0 Å². The van der Waals surface area contributed by atoms with Gasteiger partial charge in [-0.15, -0.1) is 0 Å². The molecule has 2 rings (SSSR count). The van der Waals surface area contributed by atoms with Crippen molar-refractivity contribution in [3.63, 3.8) is 0 Å². The molecule has 2 atom stereocenters. The minimum absolute atomic E-state index is 0.0243. The molecule has 0 saturated heterocycles. The van der Waals surface area contributed by atoms with Crippen LogP contribution in [-0.2, 0) is 0 Å². The maximum absolute atomic E-state index is 9.53. The zero-order valence-electron chi connectivity index (χ0n) is 9.99. The van der Waals surface area contributed by atoms with Gasteiger partial charge in [0.1, 0.15) is 0 Å². The summed E-state index contributed by atoms with van der Waals surface area (Å²) >= 11 is 0. The predicted octanol–water partition coefficient (Wildman–Crippen LogP) is 2.41. The lowest BCUT2D eigenvalue weighted by molar-refractivity contribution is 0.148. The lowest BCUT2D eigenvalue weighted by Crippen LogP contribution is -2.35. The highest BCUT2D eigenvalue weighted by Gasteiger charge is 2.27. The Bertz CT molecular complexity index is 189. The Morgan fingerprint density at radius 2 is 1.80 bits per heavy atom. The van der Waals surface area contributed by atoms with Crippen molar-refractivity contribution < 1.29 is 5.11 Å². The Kier molecular flexibility index (Phi) is 4.04. The quantitative estimate of drug-likeness (QED) is 0.775. The Morgan fingerprint density at radius 1 is 1.07 bits per heavy atom. The minimum Gasteiger partial charge on any atom is -0.393 e. The first-order chi connectivity index (χ1) is 7.25. The molecule has 1 N–H and O–H groups in total. The van der Waals surface area contributed by atoms with E-state index in [0.717, 1.165) is 18.8 Å². The summed E-state index contributed by atoms with van der Waals surface area (Å²) < 4.78 is 0. The van der Waals surface area contributed by atoms with Gasteiger partial charge in [0.25, 0.3) is 0 Å². The summed E-state index contributed by atoms with van der Waals surface area (Å²) in [4.78, 5) is 2.51. The molecule has 0 aromatic carbocycles. The van der Waals surface area contributed by atoms with Gasteiger partial charge in [-0.1, -0.05) is 19.3 Å². The second kappa shape index (κ2) is 5.31. The second-order valence-corrected chi connectivity index (χ2v) is 5.56. The van der Waals surface area contributed by atoms with Gasteiger partial charge < -0.3 is 10.0 Å². The first-order valence-electron chi connectivity index (χ1n) is 6.64. The van der Waals surface area contributed by atoms with E-state index < -0.39 is 0 Å². The number of aliphatic hydroxyl groups excluding tert-OH is 1. The molecule has 0 heterocycles. The van der Waals surface area contributed by atoms with E-state index in [1.54, 1.807) is 0 Å². The average molecular weight is 211 g/mol. The van der Waals surface area contributed by atoms with Crippen LogP contribution in [0.15, 0.2) is 0 Å². The highest BCUT2D eigenvalue weighted by Crippen LogP contribution is 2.28. The van der Waals surface area contributed by atoms with Gasteiger partial charge in [-0.2, -0.15) is 0 Å². The summed E-state index contributed by atoms with van der Waals surface area (Å²) in [6, 6.07) is 0.655. The molecule has 0 spiro atoms. The lowest BCUT2D eigenvalue weighted by Gasteiger charge is -2.30. The largest absolute Gasteiger partial charge is 0.393 e. The molecule has 0 aromatic rings. The maximum atomic E-state index is 9.53. The lowest BCUT2D eigenvalue weighted by atomic mass is 9.88. The van der Waals surface area contributed by atoms with E-state index >= 15 is 0 Å². The van der Waals surface area contributed by atoms with Crippen LogP contribution in [-0.4, -0.2) is 35.7 Å². The van der Waals surface area contributed by atoms with Gasteiger partial charge in [-0.3, -0.25) is 0 Å². The van der Waals surface area contributed by atoms with Gasteiger partial charge in [0.05, 0.1) is 6.10 Å². The average Bonchev–Trinajstić information content (AvgIpc) is 2.66. The van der Waals surface area contributed by atoms with E-state index in [1.165, 1.54) is 45.1 Å². The highest BCUT2D eigenvalue weighted by atomic mass is 16.3. The van der Waals surface area contributed by atoms with Crippen molar-refractivity contribution in [3.05, 3.63) is 0 Å². The summed E-state index contributed by atoms with van der Waals surface area (Å²) in [7, 11) is 2.25. The van der Waals surface area contributed by atoms with Crippen LogP contribution in [0, 0.1) is 5.92 Å². The third-order valence-corrected chi connectivity index (χ3v) is 4.27. The summed E-state index contributed by atoms with van der Waals surface area (Å²) in [6.07, 6.45) is 10.4. The van der Waals surface area contributed by atoms with E-state index in [9.17, 15) is 5.11 Å². The van der Waals surface area contributed by atoms with Gasteiger partial charge in [-0.25, -0.2) is 0 Å². The molecule has 0 amide bonds. The fraction of sp³-hybridized carbons (Fsp3) is 1.00. The summed E-state index contributed by atoms with van der Waals surface area (Å²) in [6.45, 7) is 1.26. The number of hydrogen-bond acceptors (Lipinski definition) is 2. The predicted molar refractivity (Wildman–Crippen MR) is 62.9 cm³/mol. The molecule has 2 aliphatic carbocycles. The Morgan fingerprint density at radius 3 is 2.40 bits per heavy atom. The van der Waals surface area contributed by atoms with Crippen LogP contribution in [0.4, 0.5) is 0 Å². The normalized spacial score (nSPS) is 33.8. The zero-order valence-corrected chi connectivity index (χ0v) is 9.99. The third kappa shape index (κ3) is 3.18. The fourth-order valence-corrected chi connectivity index (χ4v) is 3.26. The summed E-state index contributed by atoms with van der Waals surface area (Å²) in [5.41, 5.74) is 0. The van der Waals surface area contributed by atoms with Gasteiger partial charge in [0, 0.05) is 12.6 Å². The summed E-state index contributed by atoms with van der Waals surface area (Å²) in [5, 5.41) is 9.53. The Hall–Kier alpha value is -0.0800. The fourth-order valence-electron chi connectivity index (χ4n) is 3.26. The highest BCUT2D eigenvalue weighted by molar-refractivity contribution is 4.82. The molecule has 2 unspecified atom stereocenters. The van der Waals surface area contributed by atoms with Crippen LogP contribution in [0.1, 0.15) is 51.4 Å². The van der Waals surface area contributed by atoms with Crippen molar-refractivity contribution in [2.24, 2.45) is 5.92 Å². The monoisotopic (exact) mass is 211 g/mol.